The Balaban J connectivity index is 1.51. The zero-order valence-electron chi connectivity index (χ0n) is 26.1. The molecule has 2 aromatic heterocycles. The summed E-state index contributed by atoms with van der Waals surface area (Å²) >= 11 is 0.843. The normalized spacial score (nSPS) is 11.8. The molecule has 49 heavy (non-hydrogen) atoms. The van der Waals surface area contributed by atoms with Crippen LogP contribution in [-0.4, -0.2) is 34.5 Å². The molecule has 2 heterocycles. The van der Waals surface area contributed by atoms with Crippen LogP contribution in [0.5, 0.6) is 11.5 Å². The van der Waals surface area contributed by atoms with Crippen LogP contribution in [0.25, 0.3) is 22.3 Å². The van der Waals surface area contributed by atoms with Crippen LogP contribution in [0.15, 0.2) is 90.3 Å². The maximum Gasteiger partial charge on any atom is 0.416 e. The number of hydrogen-bond donors (Lipinski definition) is 2. The molecule has 11 nitrogen and oxygen atoms in total. The zero-order valence-corrected chi connectivity index (χ0v) is 27.7. The standard InChI is InChI=1S/C33H27F3N6O5S2/c1-32(2,3)47-31(43)39-18-20-12-23(14-25(13-20)33(34,35)36)22-4-6-29(27(16-22)21-8-10-38-11-9-21)46-28-7-5-26(15-24(28)17-37)49(44,45)42-30-40-19-41-48-30/h4-16,19H,18H2,1-3H3,(H,39,43)(H,40,41,42). The summed E-state index contributed by atoms with van der Waals surface area (Å²) in [5.74, 6) is 0.267. The summed E-state index contributed by atoms with van der Waals surface area (Å²) in [4.78, 5) is 19.8. The van der Waals surface area contributed by atoms with Crippen molar-refractivity contribution in [3.8, 4) is 39.8 Å². The second-order valence-corrected chi connectivity index (χ2v) is 13.9. The molecule has 0 aliphatic carbocycles. The van der Waals surface area contributed by atoms with Crippen molar-refractivity contribution < 1.29 is 35.9 Å². The molecule has 16 heteroatoms. The van der Waals surface area contributed by atoms with Crippen molar-refractivity contribution in [3.05, 3.63) is 102 Å². The molecule has 0 unspecified atom stereocenters. The third-order valence-corrected chi connectivity index (χ3v) is 8.69. The van der Waals surface area contributed by atoms with Gasteiger partial charge < -0.3 is 14.8 Å². The number of ether oxygens (including phenoxy) is 2. The first kappa shape index (κ1) is 34.8. The third-order valence-electron chi connectivity index (χ3n) is 6.64. The van der Waals surface area contributed by atoms with Crippen LogP contribution in [-0.2, 0) is 27.5 Å². The number of carbonyl (C=O) groups is 1. The largest absolute Gasteiger partial charge is 0.455 e. The highest BCUT2D eigenvalue weighted by molar-refractivity contribution is 7.93. The van der Waals surface area contributed by atoms with Crippen molar-refractivity contribution in [2.24, 2.45) is 0 Å². The molecule has 0 saturated heterocycles. The summed E-state index contributed by atoms with van der Waals surface area (Å²) in [6.07, 6.45) is -1.19. The van der Waals surface area contributed by atoms with Gasteiger partial charge in [0, 0.05) is 36.0 Å². The minimum absolute atomic E-state index is 0.0370. The van der Waals surface area contributed by atoms with E-state index in [4.69, 9.17) is 9.47 Å². The predicted molar refractivity (Wildman–Crippen MR) is 175 cm³/mol. The molecule has 3 aromatic carbocycles. The van der Waals surface area contributed by atoms with Crippen molar-refractivity contribution >= 4 is 32.8 Å². The summed E-state index contributed by atoms with van der Waals surface area (Å²) in [6, 6.07) is 17.2. The van der Waals surface area contributed by atoms with E-state index in [1.165, 1.54) is 43.0 Å². The van der Waals surface area contributed by atoms with Crippen molar-refractivity contribution in [2.45, 2.75) is 44.0 Å². The molecule has 252 valence electrons. The monoisotopic (exact) mass is 708 g/mol. The first-order valence-corrected chi connectivity index (χ1v) is 16.6. The first-order valence-electron chi connectivity index (χ1n) is 14.4. The van der Waals surface area contributed by atoms with Gasteiger partial charge in [-0.15, -0.1) is 0 Å². The van der Waals surface area contributed by atoms with Crippen LogP contribution in [0, 0.1) is 11.3 Å². The van der Waals surface area contributed by atoms with Crippen LogP contribution in [0.4, 0.5) is 23.1 Å². The Hall–Kier alpha value is -5.53. The van der Waals surface area contributed by atoms with E-state index in [0.717, 1.165) is 29.7 Å². The number of carbonyl (C=O) groups excluding carboxylic acids is 1. The maximum absolute atomic E-state index is 14.0. The highest BCUT2D eigenvalue weighted by Gasteiger charge is 2.31. The van der Waals surface area contributed by atoms with Gasteiger partial charge in [0.25, 0.3) is 10.0 Å². The maximum atomic E-state index is 14.0. The fraction of sp³-hybridized carbons (Fsp3) is 0.182. The second-order valence-electron chi connectivity index (χ2n) is 11.4. The highest BCUT2D eigenvalue weighted by atomic mass is 32.2. The minimum Gasteiger partial charge on any atom is -0.455 e. The number of sulfonamides is 1. The molecule has 0 aliphatic heterocycles. The van der Waals surface area contributed by atoms with E-state index in [1.807, 2.05) is 6.07 Å². The molecule has 1 amide bonds. The Labute approximate surface area is 283 Å². The van der Waals surface area contributed by atoms with E-state index in [2.05, 4.69) is 24.4 Å². The summed E-state index contributed by atoms with van der Waals surface area (Å²) in [6.45, 7) is 4.79. The third kappa shape index (κ3) is 8.89. The van der Waals surface area contributed by atoms with Gasteiger partial charge in [-0.05, 0) is 104 Å². The van der Waals surface area contributed by atoms with Crippen LogP contribution in [0.2, 0.25) is 0 Å². The van der Waals surface area contributed by atoms with Gasteiger partial charge in [0.1, 0.15) is 29.5 Å². The molecule has 0 atom stereocenters. The molecule has 0 saturated carbocycles. The number of alkyl carbamates (subject to hydrolysis) is 1. The molecule has 0 spiro atoms. The minimum atomic E-state index is -4.67. The number of anilines is 1. The molecule has 0 radical (unpaired) electrons. The molecule has 0 bridgehead atoms. The van der Waals surface area contributed by atoms with Gasteiger partial charge in [0.15, 0.2) is 0 Å². The summed E-state index contributed by atoms with van der Waals surface area (Å²) in [5.41, 5.74) is 0.0584. The Morgan fingerprint density at radius 3 is 2.33 bits per heavy atom. The van der Waals surface area contributed by atoms with Gasteiger partial charge in [-0.2, -0.15) is 22.8 Å². The lowest BCUT2D eigenvalue weighted by atomic mass is 9.95. The van der Waals surface area contributed by atoms with E-state index in [-0.39, 0.29) is 44.8 Å². The van der Waals surface area contributed by atoms with Gasteiger partial charge in [-0.25, -0.2) is 18.2 Å². The quantitative estimate of drug-likeness (QED) is 0.156. The van der Waals surface area contributed by atoms with Gasteiger partial charge in [0.05, 0.1) is 16.0 Å². The number of nitrogens with one attached hydrogen (secondary N) is 2. The van der Waals surface area contributed by atoms with E-state index in [1.54, 1.807) is 45.0 Å². The second kappa shape index (κ2) is 13.9. The van der Waals surface area contributed by atoms with Crippen LogP contribution in [0.1, 0.15) is 37.5 Å². The van der Waals surface area contributed by atoms with Crippen molar-refractivity contribution in [3.63, 3.8) is 0 Å². The van der Waals surface area contributed by atoms with Crippen molar-refractivity contribution in [1.82, 2.24) is 19.7 Å². The number of rotatable bonds is 9. The number of halogens is 3. The number of nitrogens with zero attached hydrogens (tertiary/aromatic N) is 4. The first-order chi connectivity index (χ1) is 23.1. The van der Waals surface area contributed by atoms with E-state index in [9.17, 15) is 31.6 Å². The van der Waals surface area contributed by atoms with E-state index >= 15 is 0 Å². The molecular weight excluding hydrogens is 682 g/mol. The summed E-state index contributed by atoms with van der Waals surface area (Å²) in [5, 5.41) is 12.4. The smallest absolute Gasteiger partial charge is 0.416 e. The number of aromatic nitrogens is 3. The number of pyridine rings is 1. The SMILES string of the molecule is CC(C)(C)OC(=O)NCc1cc(-c2ccc(Oc3ccc(S(=O)(=O)Nc4ncns4)cc3C#N)c(-c3ccncc3)c2)cc(C(F)(F)F)c1. The van der Waals surface area contributed by atoms with Gasteiger partial charge in [-0.1, -0.05) is 6.07 Å². The summed E-state index contributed by atoms with van der Waals surface area (Å²) < 4.78 is 85.1. The molecule has 0 aliphatic rings. The van der Waals surface area contributed by atoms with E-state index < -0.39 is 33.5 Å². The highest BCUT2D eigenvalue weighted by Crippen LogP contribution is 2.40. The lowest BCUT2D eigenvalue weighted by Gasteiger charge is -2.20. The molecule has 0 fully saturated rings. The fourth-order valence-electron chi connectivity index (χ4n) is 4.53. The molecular formula is C33H27F3N6O5S2. The topological polar surface area (TPSA) is 156 Å². The van der Waals surface area contributed by atoms with Crippen LogP contribution in [0.3, 0.4) is 0 Å². The summed E-state index contributed by atoms with van der Waals surface area (Å²) in [7, 11) is -4.09. The number of alkyl halides is 3. The van der Waals surface area contributed by atoms with Gasteiger partial charge in [0.2, 0.25) is 5.13 Å². The zero-order chi connectivity index (χ0) is 35.4. The molecule has 5 aromatic rings. The van der Waals surface area contributed by atoms with Gasteiger partial charge in [-0.3, -0.25) is 9.71 Å². The Morgan fingerprint density at radius 1 is 0.939 bits per heavy atom. The predicted octanol–water partition coefficient (Wildman–Crippen LogP) is 7.78. The molecule has 2 N–H and O–H groups in total. The lowest BCUT2D eigenvalue weighted by molar-refractivity contribution is -0.137. The van der Waals surface area contributed by atoms with Gasteiger partial charge >= 0.3 is 12.3 Å². The Bertz CT molecular complexity index is 2130. The van der Waals surface area contributed by atoms with Crippen LogP contribution < -0.4 is 14.8 Å². The van der Waals surface area contributed by atoms with E-state index in [0.29, 0.717) is 16.7 Å². The number of amides is 1. The number of nitriles is 1. The number of benzene rings is 3. The Kier molecular flexibility index (Phi) is 9.88. The fourth-order valence-corrected chi connectivity index (χ4v) is 6.22. The van der Waals surface area contributed by atoms with Crippen molar-refractivity contribution in [1.29, 1.82) is 5.26 Å². The van der Waals surface area contributed by atoms with Crippen molar-refractivity contribution in [2.75, 3.05) is 4.72 Å². The Morgan fingerprint density at radius 2 is 1.67 bits per heavy atom. The molecule has 5 rings (SSSR count). The average Bonchev–Trinajstić information content (AvgIpc) is 3.55. The van der Waals surface area contributed by atoms with Crippen LogP contribution >= 0.6 is 11.5 Å². The lowest BCUT2D eigenvalue weighted by Crippen LogP contribution is -2.32. The number of hydrogen-bond acceptors (Lipinski definition) is 10. The average molecular weight is 709 g/mol.